The Kier molecular flexibility index (Phi) is 0.790. The molecule has 2 rings (SSSR count). The Hall–Kier alpha value is -1.03. The zero-order valence-electron chi connectivity index (χ0n) is 4.85. The summed E-state index contributed by atoms with van der Waals surface area (Å²) in [5, 5.41) is 6.70. The summed E-state index contributed by atoms with van der Waals surface area (Å²) in [4.78, 5) is 0. The van der Waals surface area contributed by atoms with E-state index in [2.05, 4.69) is 10.5 Å². The Morgan fingerprint density at radius 2 is 2.44 bits per heavy atom. The van der Waals surface area contributed by atoms with Crippen LogP contribution in [0, 0.1) is 0 Å². The number of anilines is 1. The van der Waals surface area contributed by atoms with Crippen molar-refractivity contribution in [1.82, 2.24) is 10.5 Å². The summed E-state index contributed by atoms with van der Waals surface area (Å²) in [5.41, 5.74) is 6.47. The number of nitrogens with one attached hydrogen (secondary N) is 1. The molecule has 3 N–H and O–H groups in total. The van der Waals surface area contributed by atoms with Gasteiger partial charge < -0.3 is 15.6 Å². The van der Waals surface area contributed by atoms with E-state index in [4.69, 9.17) is 10.3 Å². The molecule has 0 unspecified atom stereocenters. The Morgan fingerprint density at radius 1 is 1.56 bits per heavy atom. The first-order valence-corrected chi connectivity index (χ1v) is 2.81. The van der Waals surface area contributed by atoms with E-state index in [1.807, 2.05) is 0 Å². The maximum atomic E-state index is 5.45. The van der Waals surface area contributed by atoms with Crippen molar-refractivity contribution in [3.05, 3.63) is 11.3 Å². The summed E-state index contributed by atoms with van der Waals surface area (Å²) >= 11 is 0. The highest BCUT2D eigenvalue weighted by molar-refractivity contribution is 5.41. The molecule has 0 aromatic carbocycles. The monoisotopic (exact) mass is 125 g/mol. The summed E-state index contributed by atoms with van der Waals surface area (Å²) in [6.45, 7) is 1.56. The van der Waals surface area contributed by atoms with Gasteiger partial charge in [-0.15, -0.1) is 0 Å². The van der Waals surface area contributed by atoms with Crippen LogP contribution in [-0.4, -0.2) is 5.16 Å². The van der Waals surface area contributed by atoms with Crippen LogP contribution in [0.3, 0.4) is 0 Å². The van der Waals surface area contributed by atoms with Crippen molar-refractivity contribution in [3.8, 4) is 0 Å². The van der Waals surface area contributed by atoms with Gasteiger partial charge in [0.25, 0.3) is 0 Å². The minimum Gasteiger partial charge on any atom is -0.381 e. The van der Waals surface area contributed by atoms with Gasteiger partial charge >= 0.3 is 0 Å². The number of hydrogen-bond donors (Lipinski definition) is 2. The lowest BCUT2D eigenvalue weighted by Crippen LogP contribution is -2.02. The molecule has 1 aliphatic heterocycles. The Labute approximate surface area is 52.0 Å². The van der Waals surface area contributed by atoms with Crippen molar-refractivity contribution in [2.45, 2.75) is 13.1 Å². The summed E-state index contributed by atoms with van der Waals surface area (Å²) in [5.74, 6) is 1.41. The fourth-order valence-electron chi connectivity index (χ4n) is 0.986. The molecule has 0 spiro atoms. The van der Waals surface area contributed by atoms with E-state index in [1.165, 1.54) is 0 Å². The molecule has 1 aromatic rings. The molecule has 0 saturated carbocycles. The number of hydrogen-bond acceptors (Lipinski definition) is 4. The van der Waals surface area contributed by atoms with Crippen molar-refractivity contribution in [1.29, 1.82) is 0 Å². The number of fused-ring (bicyclic) bond motifs is 1. The number of rotatable bonds is 0. The third-order valence-electron chi connectivity index (χ3n) is 1.49. The van der Waals surface area contributed by atoms with E-state index in [-0.39, 0.29) is 0 Å². The highest BCUT2D eigenvalue weighted by Gasteiger charge is 2.17. The molecular weight excluding hydrogens is 118 g/mol. The molecular formula is C5H7N3O. The van der Waals surface area contributed by atoms with Gasteiger partial charge in [0.15, 0.2) is 11.6 Å². The molecule has 48 valence electrons. The van der Waals surface area contributed by atoms with Gasteiger partial charge in [-0.3, -0.25) is 0 Å². The van der Waals surface area contributed by atoms with Gasteiger partial charge in [0, 0.05) is 6.54 Å². The standard InChI is InChI=1S/C5H7N3O/c6-5-3-1-7-2-4(3)9-8-5/h7H,1-2H2,(H2,6,8). The third-order valence-corrected chi connectivity index (χ3v) is 1.49. The molecule has 1 aliphatic rings. The number of nitrogen functional groups attached to an aromatic ring is 1. The lowest BCUT2D eigenvalue weighted by molar-refractivity contribution is 0.384. The highest BCUT2D eigenvalue weighted by Crippen LogP contribution is 2.19. The van der Waals surface area contributed by atoms with Crippen LogP contribution in [0.2, 0.25) is 0 Å². The Bertz CT molecular complexity index is 230. The molecule has 0 atom stereocenters. The minimum atomic E-state index is 0.523. The van der Waals surface area contributed by atoms with E-state index in [1.54, 1.807) is 0 Å². The predicted octanol–water partition coefficient (Wildman–Crippen LogP) is -0.140. The van der Waals surface area contributed by atoms with Crippen LogP contribution in [0.15, 0.2) is 4.52 Å². The number of nitrogens with zero attached hydrogens (tertiary/aromatic N) is 1. The van der Waals surface area contributed by atoms with Gasteiger partial charge in [0.2, 0.25) is 0 Å². The van der Waals surface area contributed by atoms with Gasteiger partial charge in [0.1, 0.15) is 0 Å². The average Bonchev–Trinajstić information content (AvgIpc) is 2.35. The molecule has 0 radical (unpaired) electrons. The van der Waals surface area contributed by atoms with Crippen molar-refractivity contribution in [3.63, 3.8) is 0 Å². The smallest absolute Gasteiger partial charge is 0.171 e. The van der Waals surface area contributed by atoms with Crippen LogP contribution in [0.4, 0.5) is 5.82 Å². The first-order chi connectivity index (χ1) is 4.38. The van der Waals surface area contributed by atoms with E-state index in [0.29, 0.717) is 5.82 Å². The Balaban J connectivity index is 2.56. The van der Waals surface area contributed by atoms with E-state index >= 15 is 0 Å². The number of aromatic nitrogens is 1. The van der Waals surface area contributed by atoms with E-state index < -0.39 is 0 Å². The summed E-state index contributed by atoms with van der Waals surface area (Å²) < 4.78 is 4.87. The van der Waals surface area contributed by atoms with Crippen molar-refractivity contribution >= 4 is 5.82 Å². The second kappa shape index (κ2) is 1.48. The zero-order valence-corrected chi connectivity index (χ0v) is 4.85. The molecule has 0 saturated heterocycles. The topological polar surface area (TPSA) is 64.1 Å². The molecule has 1 aromatic heterocycles. The molecule has 9 heavy (non-hydrogen) atoms. The normalized spacial score (nSPS) is 16.0. The quantitative estimate of drug-likeness (QED) is 0.506. The van der Waals surface area contributed by atoms with Gasteiger partial charge in [-0.2, -0.15) is 0 Å². The van der Waals surface area contributed by atoms with Crippen LogP contribution >= 0.6 is 0 Å². The first kappa shape index (κ1) is 4.81. The van der Waals surface area contributed by atoms with Crippen molar-refractivity contribution in [2.75, 3.05) is 5.73 Å². The molecule has 0 fully saturated rings. The SMILES string of the molecule is Nc1noc2c1CNC2. The predicted molar refractivity (Wildman–Crippen MR) is 31.5 cm³/mol. The van der Waals surface area contributed by atoms with Gasteiger partial charge in [0.05, 0.1) is 12.1 Å². The van der Waals surface area contributed by atoms with Crippen LogP contribution < -0.4 is 11.1 Å². The van der Waals surface area contributed by atoms with Gasteiger partial charge in [-0.1, -0.05) is 5.16 Å². The summed E-state index contributed by atoms with van der Waals surface area (Å²) in [7, 11) is 0. The maximum absolute atomic E-state index is 5.45. The van der Waals surface area contributed by atoms with Gasteiger partial charge in [-0.25, -0.2) is 0 Å². The molecule has 0 amide bonds. The molecule has 4 heteroatoms. The fourth-order valence-corrected chi connectivity index (χ4v) is 0.986. The van der Waals surface area contributed by atoms with Crippen LogP contribution in [0.1, 0.15) is 11.3 Å². The molecule has 0 aliphatic carbocycles. The summed E-state index contributed by atoms with van der Waals surface area (Å²) in [6.07, 6.45) is 0. The minimum absolute atomic E-state index is 0.523. The second-order valence-corrected chi connectivity index (χ2v) is 2.07. The van der Waals surface area contributed by atoms with Gasteiger partial charge in [-0.05, 0) is 0 Å². The van der Waals surface area contributed by atoms with Crippen LogP contribution in [0.25, 0.3) is 0 Å². The third kappa shape index (κ3) is 0.533. The lowest BCUT2D eigenvalue weighted by atomic mass is 10.3. The average molecular weight is 125 g/mol. The number of nitrogens with two attached hydrogens (primary N) is 1. The highest BCUT2D eigenvalue weighted by atomic mass is 16.5. The van der Waals surface area contributed by atoms with Crippen LogP contribution in [0.5, 0.6) is 0 Å². The van der Waals surface area contributed by atoms with Crippen molar-refractivity contribution in [2.24, 2.45) is 0 Å². The van der Waals surface area contributed by atoms with E-state index in [0.717, 1.165) is 24.4 Å². The largest absolute Gasteiger partial charge is 0.381 e. The fraction of sp³-hybridized carbons (Fsp3) is 0.400. The Morgan fingerprint density at radius 3 is 3.22 bits per heavy atom. The van der Waals surface area contributed by atoms with Crippen molar-refractivity contribution < 1.29 is 4.52 Å². The molecule has 2 heterocycles. The molecule has 0 bridgehead atoms. The van der Waals surface area contributed by atoms with E-state index in [9.17, 15) is 0 Å². The summed E-state index contributed by atoms with van der Waals surface area (Å²) in [6, 6.07) is 0. The second-order valence-electron chi connectivity index (χ2n) is 2.07. The lowest BCUT2D eigenvalue weighted by Gasteiger charge is -1.85. The van der Waals surface area contributed by atoms with Crippen LogP contribution in [-0.2, 0) is 13.1 Å². The zero-order chi connectivity index (χ0) is 6.27. The molecule has 4 nitrogen and oxygen atoms in total. The first-order valence-electron chi connectivity index (χ1n) is 2.81. The maximum Gasteiger partial charge on any atom is 0.171 e.